The number of para-hydroxylation sites is 1. The average molecular weight is 565 g/mol. The molecule has 39 heavy (non-hydrogen) atoms. The summed E-state index contributed by atoms with van der Waals surface area (Å²) >= 11 is 1.43. The third-order valence-corrected chi connectivity index (χ3v) is 6.97. The number of hydrogen-bond acceptors (Lipinski definition) is 8. The molecule has 0 aliphatic heterocycles. The number of carbonyl (C=O) groups is 4. The van der Waals surface area contributed by atoms with E-state index >= 15 is 0 Å². The van der Waals surface area contributed by atoms with Crippen LogP contribution in [0.25, 0.3) is 10.9 Å². The Morgan fingerprint density at radius 3 is 2.33 bits per heavy atom. The minimum atomic E-state index is -1.45. The molecule has 0 saturated carbocycles. The van der Waals surface area contributed by atoms with Crippen molar-refractivity contribution < 1.29 is 29.4 Å². The summed E-state index contributed by atoms with van der Waals surface area (Å²) in [5.41, 5.74) is 13.2. The molecule has 5 atom stereocenters. The van der Waals surface area contributed by atoms with E-state index in [4.69, 9.17) is 11.5 Å². The second kappa shape index (κ2) is 16.1. The molecule has 1 aromatic heterocycles. The lowest BCUT2D eigenvalue weighted by molar-refractivity contribution is -0.143. The van der Waals surface area contributed by atoms with Gasteiger partial charge in [0, 0.05) is 23.5 Å². The Labute approximate surface area is 232 Å². The molecule has 1 heterocycles. The Morgan fingerprint density at radius 1 is 1.00 bits per heavy atom. The highest BCUT2D eigenvalue weighted by molar-refractivity contribution is 7.98. The van der Waals surface area contributed by atoms with Crippen LogP contribution in [0.1, 0.15) is 38.2 Å². The highest BCUT2D eigenvalue weighted by Crippen LogP contribution is 2.19. The highest BCUT2D eigenvalue weighted by atomic mass is 32.2. The average Bonchev–Trinajstić information content (AvgIpc) is 3.31. The number of aromatic amines is 1. The first-order valence-corrected chi connectivity index (χ1v) is 14.3. The predicted molar refractivity (Wildman–Crippen MR) is 151 cm³/mol. The fourth-order valence-corrected chi connectivity index (χ4v) is 4.53. The van der Waals surface area contributed by atoms with Crippen LogP contribution in [0.15, 0.2) is 30.5 Å². The van der Waals surface area contributed by atoms with Gasteiger partial charge in [0.1, 0.15) is 18.1 Å². The minimum absolute atomic E-state index is 0.0801. The van der Waals surface area contributed by atoms with Crippen LogP contribution < -0.4 is 27.4 Å². The normalized spacial score (nSPS) is 15.1. The van der Waals surface area contributed by atoms with Crippen molar-refractivity contribution in [1.29, 1.82) is 0 Å². The molecule has 2 aromatic rings. The molecule has 0 fully saturated rings. The Balaban J connectivity index is 2.24. The molecule has 2 rings (SSSR count). The molecule has 5 unspecified atom stereocenters. The van der Waals surface area contributed by atoms with Crippen molar-refractivity contribution in [2.24, 2.45) is 11.5 Å². The number of fused-ring (bicyclic) bond motifs is 1. The predicted octanol–water partition coefficient (Wildman–Crippen LogP) is -0.160. The van der Waals surface area contributed by atoms with E-state index < -0.39 is 54.0 Å². The molecule has 3 amide bonds. The van der Waals surface area contributed by atoms with Gasteiger partial charge in [0.15, 0.2) is 0 Å². The summed E-state index contributed by atoms with van der Waals surface area (Å²) in [5.74, 6) is -2.83. The number of benzene rings is 1. The van der Waals surface area contributed by atoms with Crippen molar-refractivity contribution in [1.82, 2.24) is 20.9 Å². The quantitative estimate of drug-likeness (QED) is 0.120. The van der Waals surface area contributed by atoms with Crippen LogP contribution in [0.2, 0.25) is 0 Å². The number of aliphatic hydroxyl groups is 1. The van der Waals surface area contributed by atoms with E-state index in [9.17, 15) is 29.4 Å². The molecule has 0 radical (unpaired) electrons. The zero-order valence-electron chi connectivity index (χ0n) is 22.3. The van der Waals surface area contributed by atoms with Gasteiger partial charge in [-0.1, -0.05) is 24.6 Å². The van der Waals surface area contributed by atoms with Gasteiger partial charge >= 0.3 is 5.97 Å². The van der Waals surface area contributed by atoms with E-state index in [-0.39, 0.29) is 12.8 Å². The highest BCUT2D eigenvalue weighted by Gasteiger charge is 2.33. The molecule has 1 aromatic carbocycles. The van der Waals surface area contributed by atoms with E-state index in [2.05, 4.69) is 20.9 Å². The van der Waals surface area contributed by atoms with Crippen molar-refractivity contribution in [2.45, 2.75) is 69.3 Å². The number of carbonyl (C=O) groups excluding carboxylic acids is 3. The first kappa shape index (κ1) is 32.1. The van der Waals surface area contributed by atoms with Gasteiger partial charge in [-0.15, -0.1) is 0 Å². The number of carboxylic acids is 1. The number of H-pyrrole nitrogens is 1. The van der Waals surface area contributed by atoms with Crippen LogP contribution in [0.3, 0.4) is 0 Å². The lowest BCUT2D eigenvalue weighted by Crippen LogP contribution is -2.60. The fourth-order valence-electron chi connectivity index (χ4n) is 4.06. The van der Waals surface area contributed by atoms with E-state index in [1.54, 1.807) is 6.20 Å². The minimum Gasteiger partial charge on any atom is -0.480 e. The van der Waals surface area contributed by atoms with Crippen molar-refractivity contribution >= 4 is 46.4 Å². The van der Waals surface area contributed by atoms with Gasteiger partial charge in [-0.3, -0.25) is 14.4 Å². The molecule has 216 valence electrons. The summed E-state index contributed by atoms with van der Waals surface area (Å²) in [7, 11) is 0. The number of unbranched alkanes of at least 4 members (excludes halogenated alkanes) is 1. The third-order valence-electron chi connectivity index (χ3n) is 6.33. The number of nitrogens with one attached hydrogen (secondary N) is 4. The Bertz CT molecular complexity index is 1110. The summed E-state index contributed by atoms with van der Waals surface area (Å²) in [4.78, 5) is 53.9. The van der Waals surface area contributed by atoms with Crippen LogP contribution in [-0.4, -0.2) is 87.7 Å². The van der Waals surface area contributed by atoms with Crippen molar-refractivity contribution in [2.75, 3.05) is 18.6 Å². The molecule has 0 bridgehead atoms. The molecule has 0 saturated heterocycles. The molecule has 0 aliphatic rings. The summed E-state index contributed by atoms with van der Waals surface area (Å²) in [5, 5.41) is 28.2. The van der Waals surface area contributed by atoms with Gasteiger partial charge in [0.2, 0.25) is 17.7 Å². The molecule has 0 aliphatic carbocycles. The number of rotatable bonds is 17. The first-order chi connectivity index (χ1) is 18.6. The van der Waals surface area contributed by atoms with Gasteiger partial charge in [0.25, 0.3) is 0 Å². The van der Waals surface area contributed by atoms with Crippen LogP contribution >= 0.6 is 11.8 Å². The Kier molecular flexibility index (Phi) is 13.2. The molecular weight excluding hydrogens is 524 g/mol. The van der Waals surface area contributed by atoms with E-state index in [1.807, 2.05) is 30.5 Å². The summed E-state index contributed by atoms with van der Waals surface area (Å²) in [6, 6.07) is 2.85. The van der Waals surface area contributed by atoms with Crippen molar-refractivity contribution in [3.63, 3.8) is 0 Å². The first-order valence-electron chi connectivity index (χ1n) is 12.9. The van der Waals surface area contributed by atoms with Crippen molar-refractivity contribution in [3.05, 3.63) is 36.0 Å². The largest absolute Gasteiger partial charge is 0.480 e. The van der Waals surface area contributed by atoms with Gasteiger partial charge in [-0.2, -0.15) is 11.8 Å². The number of aliphatic carboxylic acids is 1. The molecule has 0 spiro atoms. The van der Waals surface area contributed by atoms with Gasteiger partial charge in [-0.05, 0) is 56.4 Å². The van der Waals surface area contributed by atoms with Crippen LogP contribution in [-0.2, 0) is 25.6 Å². The maximum atomic E-state index is 13.4. The second-order valence-electron chi connectivity index (χ2n) is 9.42. The number of amides is 3. The Morgan fingerprint density at radius 2 is 1.69 bits per heavy atom. The zero-order chi connectivity index (χ0) is 28.9. The summed E-state index contributed by atoms with van der Waals surface area (Å²) in [6.07, 6.45) is 4.20. The number of aliphatic hydroxyl groups excluding tert-OH is 1. The maximum Gasteiger partial charge on any atom is 0.326 e. The topological polar surface area (TPSA) is 213 Å². The summed E-state index contributed by atoms with van der Waals surface area (Å²) < 4.78 is 0. The van der Waals surface area contributed by atoms with Gasteiger partial charge in [0.05, 0.1) is 12.1 Å². The fraction of sp³-hybridized carbons (Fsp3) is 0.538. The van der Waals surface area contributed by atoms with Crippen molar-refractivity contribution in [3.8, 4) is 0 Å². The number of aromatic nitrogens is 1. The van der Waals surface area contributed by atoms with E-state index in [0.717, 1.165) is 16.5 Å². The molecule has 12 nitrogen and oxygen atoms in total. The number of thioether (sulfide) groups is 1. The standard InChI is InChI=1S/C26H40N6O6S/c1-15(33)22(25(36)30-20(26(37)38)10-12-39-2)32-24(35)21(31-23(34)18(28)8-5-6-11-27)13-16-14-29-19-9-4-3-7-17(16)19/h3-4,7,9,14-15,18,20-22,29,33H,5-6,8,10-13,27-28H2,1-2H3,(H,30,36)(H,31,34)(H,32,35)(H,37,38). The lowest BCUT2D eigenvalue weighted by Gasteiger charge is -2.26. The van der Waals surface area contributed by atoms with Crippen LogP contribution in [0, 0.1) is 0 Å². The molecule has 10 N–H and O–H groups in total. The lowest BCUT2D eigenvalue weighted by atomic mass is 10.0. The third kappa shape index (κ3) is 9.84. The zero-order valence-corrected chi connectivity index (χ0v) is 23.1. The number of carboxylic acid groups (broad SMARTS) is 1. The van der Waals surface area contributed by atoms with E-state index in [0.29, 0.717) is 31.6 Å². The number of nitrogens with two attached hydrogens (primary N) is 2. The van der Waals surface area contributed by atoms with Crippen LogP contribution in [0.5, 0.6) is 0 Å². The SMILES string of the molecule is CSCCC(NC(=O)C(NC(=O)C(Cc1c[nH]c2ccccc12)NC(=O)C(N)CCCCN)C(C)O)C(=O)O. The van der Waals surface area contributed by atoms with Gasteiger partial charge in [-0.25, -0.2) is 4.79 Å². The number of hydrogen-bond donors (Lipinski definition) is 8. The smallest absolute Gasteiger partial charge is 0.326 e. The second-order valence-corrected chi connectivity index (χ2v) is 10.4. The molecule has 13 heteroatoms. The van der Waals surface area contributed by atoms with E-state index in [1.165, 1.54) is 18.7 Å². The molecular formula is C26H40N6O6S. The van der Waals surface area contributed by atoms with Gasteiger partial charge < -0.3 is 42.6 Å². The summed E-state index contributed by atoms with van der Waals surface area (Å²) in [6.45, 7) is 1.78. The monoisotopic (exact) mass is 564 g/mol. The Hall–Kier alpha value is -3.13. The maximum absolute atomic E-state index is 13.4. The van der Waals surface area contributed by atoms with Crippen LogP contribution in [0.4, 0.5) is 0 Å².